The van der Waals surface area contributed by atoms with Crippen LogP contribution in [-0.2, 0) is 13.0 Å². The second kappa shape index (κ2) is 10.5. The summed E-state index contributed by atoms with van der Waals surface area (Å²) >= 11 is 0. The van der Waals surface area contributed by atoms with Gasteiger partial charge in [-0.3, -0.25) is 4.79 Å². The molecule has 0 spiro atoms. The van der Waals surface area contributed by atoms with Gasteiger partial charge >= 0.3 is 0 Å². The van der Waals surface area contributed by atoms with Gasteiger partial charge in [-0.25, -0.2) is 4.98 Å². The maximum Gasteiger partial charge on any atom is 0.255 e. The Morgan fingerprint density at radius 2 is 1.72 bits per heavy atom. The zero-order valence-corrected chi connectivity index (χ0v) is 18.2. The number of nitrogens with zero attached hydrogens (tertiary/aromatic N) is 2. The molecule has 1 heterocycles. The van der Waals surface area contributed by atoms with Crippen LogP contribution in [0.4, 0.5) is 0 Å². The third-order valence-electron chi connectivity index (χ3n) is 5.26. The summed E-state index contributed by atoms with van der Waals surface area (Å²) in [4.78, 5) is 17.4. The first-order chi connectivity index (χ1) is 15.8. The van der Waals surface area contributed by atoms with Crippen LogP contribution in [0.25, 0.3) is 11.0 Å². The van der Waals surface area contributed by atoms with E-state index in [1.807, 2.05) is 60.7 Å². The van der Waals surface area contributed by atoms with E-state index < -0.39 is 0 Å². The maximum atomic E-state index is 12.6. The lowest BCUT2D eigenvalue weighted by Gasteiger charge is -2.12. The van der Waals surface area contributed by atoms with E-state index in [4.69, 9.17) is 14.5 Å². The van der Waals surface area contributed by atoms with Gasteiger partial charge in [-0.2, -0.15) is 0 Å². The van der Waals surface area contributed by atoms with Crippen LogP contribution < -0.4 is 14.8 Å². The van der Waals surface area contributed by atoms with E-state index in [-0.39, 0.29) is 5.91 Å². The van der Waals surface area contributed by atoms with E-state index in [9.17, 15) is 4.79 Å². The molecule has 0 bridgehead atoms. The highest BCUT2D eigenvalue weighted by molar-refractivity contribution is 5.96. The molecular weight excluding hydrogens is 402 g/mol. The van der Waals surface area contributed by atoms with Gasteiger partial charge in [0.1, 0.15) is 17.3 Å². The van der Waals surface area contributed by atoms with Crippen LogP contribution in [0.1, 0.15) is 22.6 Å². The standard InChI is InChI=1S/C26H27N3O3/c1-31-24-15-8-5-12-21(24)26(30)27-17-16-25-28-22-13-6-7-14-23(22)29(25)18-9-19-32-20-10-3-2-4-11-20/h2-8,10-15H,9,16-19H2,1H3,(H,27,30). The van der Waals surface area contributed by atoms with Crippen LogP contribution >= 0.6 is 0 Å². The van der Waals surface area contributed by atoms with Gasteiger partial charge in [0.05, 0.1) is 30.3 Å². The summed E-state index contributed by atoms with van der Waals surface area (Å²) in [6, 6.07) is 25.2. The number of fused-ring (bicyclic) bond motifs is 1. The van der Waals surface area contributed by atoms with E-state index in [0.717, 1.165) is 35.6 Å². The van der Waals surface area contributed by atoms with Gasteiger partial charge in [-0.15, -0.1) is 0 Å². The van der Waals surface area contributed by atoms with Gasteiger partial charge in [0.25, 0.3) is 5.91 Å². The van der Waals surface area contributed by atoms with Crippen molar-refractivity contribution in [3.05, 3.63) is 90.3 Å². The molecule has 3 aromatic carbocycles. The van der Waals surface area contributed by atoms with Gasteiger partial charge < -0.3 is 19.4 Å². The molecule has 1 aromatic heterocycles. The van der Waals surface area contributed by atoms with Crippen LogP contribution in [0.2, 0.25) is 0 Å². The molecular formula is C26H27N3O3. The molecule has 1 amide bonds. The molecule has 0 saturated heterocycles. The molecule has 0 aliphatic rings. The summed E-state index contributed by atoms with van der Waals surface area (Å²) in [7, 11) is 1.57. The van der Waals surface area contributed by atoms with E-state index in [0.29, 0.717) is 30.9 Å². The van der Waals surface area contributed by atoms with Gasteiger partial charge in [0, 0.05) is 19.5 Å². The second-order valence-electron chi connectivity index (χ2n) is 7.39. The quantitative estimate of drug-likeness (QED) is 0.377. The number of para-hydroxylation sites is 4. The molecule has 164 valence electrons. The average molecular weight is 430 g/mol. The fraction of sp³-hybridized carbons (Fsp3) is 0.231. The lowest BCUT2D eigenvalue weighted by molar-refractivity contribution is 0.0951. The molecule has 0 aliphatic heterocycles. The summed E-state index contributed by atoms with van der Waals surface area (Å²) in [5.74, 6) is 2.24. The molecule has 0 aliphatic carbocycles. The fourth-order valence-corrected chi connectivity index (χ4v) is 3.71. The second-order valence-corrected chi connectivity index (χ2v) is 7.39. The third kappa shape index (κ3) is 5.09. The largest absolute Gasteiger partial charge is 0.496 e. The normalized spacial score (nSPS) is 10.8. The van der Waals surface area contributed by atoms with Crippen LogP contribution in [-0.4, -0.2) is 35.7 Å². The summed E-state index contributed by atoms with van der Waals surface area (Å²) < 4.78 is 13.3. The highest BCUT2D eigenvalue weighted by Gasteiger charge is 2.13. The topological polar surface area (TPSA) is 65.4 Å². The van der Waals surface area contributed by atoms with Crippen molar-refractivity contribution in [2.75, 3.05) is 20.3 Å². The number of methoxy groups -OCH3 is 1. The first-order valence-electron chi connectivity index (χ1n) is 10.8. The summed E-state index contributed by atoms with van der Waals surface area (Å²) in [5.41, 5.74) is 2.59. The number of rotatable bonds is 10. The van der Waals surface area contributed by atoms with Crippen LogP contribution in [0, 0.1) is 0 Å². The zero-order valence-electron chi connectivity index (χ0n) is 18.2. The summed E-state index contributed by atoms with van der Waals surface area (Å²) in [6.07, 6.45) is 1.49. The first-order valence-corrected chi connectivity index (χ1v) is 10.8. The molecule has 0 unspecified atom stereocenters. The number of aryl methyl sites for hydroxylation is 1. The lowest BCUT2D eigenvalue weighted by Crippen LogP contribution is -2.27. The maximum absolute atomic E-state index is 12.6. The van der Waals surface area contributed by atoms with Crippen molar-refractivity contribution in [2.45, 2.75) is 19.4 Å². The number of amides is 1. The van der Waals surface area contributed by atoms with Crippen molar-refractivity contribution in [1.82, 2.24) is 14.9 Å². The van der Waals surface area contributed by atoms with Crippen molar-refractivity contribution in [3.8, 4) is 11.5 Å². The Hall–Kier alpha value is -3.80. The summed E-state index contributed by atoms with van der Waals surface area (Å²) in [6.45, 7) is 1.91. The molecule has 6 heteroatoms. The van der Waals surface area contributed by atoms with Gasteiger partial charge in [-0.05, 0) is 42.8 Å². The molecule has 4 rings (SSSR count). The minimum atomic E-state index is -0.152. The smallest absolute Gasteiger partial charge is 0.255 e. The van der Waals surface area contributed by atoms with E-state index >= 15 is 0 Å². The van der Waals surface area contributed by atoms with Crippen LogP contribution in [0.3, 0.4) is 0 Å². The van der Waals surface area contributed by atoms with Crippen molar-refractivity contribution in [2.24, 2.45) is 0 Å². The predicted molar refractivity (Wildman–Crippen MR) is 125 cm³/mol. The molecule has 0 saturated carbocycles. The van der Waals surface area contributed by atoms with Crippen molar-refractivity contribution >= 4 is 16.9 Å². The Bertz CT molecular complexity index is 1170. The Morgan fingerprint density at radius 3 is 2.56 bits per heavy atom. The number of nitrogens with one attached hydrogen (secondary N) is 1. The highest BCUT2D eigenvalue weighted by atomic mass is 16.5. The van der Waals surface area contributed by atoms with Crippen molar-refractivity contribution in [3.63, 3.8) is 0 Å². The fourth-order valence-electron chi connectivity index (χ4n) is 3.71. The number of carbonyl (C=O) groups excluding carboxylic acids is 1. The minimum Gasteiger partial charge on any atom is -0.496 e. The molecule has 0 atom stereocenters. The number of hydrogen-bond acceptors (Lipinski definition) is 4. The molecule has 0 fully saturated rings. The SMILES string of the molecule is COc1ccccc1C(=O)NCCc1nc2ccccc2n1CCCOc1ccccc1. The number of ether oxygens (including phenoxy) is 2. The van der Waals surface area contributed by atoms with E-state index in [2.05, 4.69) is 16.0 Å². The highest BCUT2D eigenvalue weighted by Crippen LogP contribution is 2.19. The molecule has 0 radical (unpaired) electrons. The number of carbonyl (C=O) groups is 1. The van der Waals surface area contributed by atoms with Gasteiger partial charge in [-0.1, -0.05) is 42.5 Å². The Labute approximate surface area is 187 Å². The van der Waals surface area contributed by atoms with Crippen LogP contribution in [0.15, 0.2) is 78.9 Å². The third-order valence-corrected chi connectivity index (χ3v) is 5.26. The van der Waals surface area contributed by atoms with E-state index in [1.165, 1.54) is 0 Å². The van der Waals surface area contributed by atoms with E-state index in [1.54, 1.807) is 19.2 Å². The molecule has 32 heavy (non-hydrogen) atoms. The molecule has 6 nitrogen and oxygen atoms in total. The number of imidazole rings is 1. The van der Waals surface area contributed by atoms with Gasteiger partial charge in [0.2, 0.25) is 0 Å². The van der Waals surface area contributed by atoms with Crippen molar-refractivity contribution < 1.29 is 14.3 Å². The van der Waals surface area contributed by atoms with Crippen LogP contribution in [0.5, 0.6) is 11.5 Å². The Balaban J connectivity index is 1.39. The first kappa shape index (κ1) is 21.4. The summed E-state index contributed by atoms with van der Waals surface area (Å²) in [5, 5.41) is 2.99. The number of hydrogen-bond donors (Lipinski definition) is 1. The average Bonchev–Trinajstić information content (AvgIpc) is 3.19. The number of aromatic nitrogens is 2. The minimum absolute atomic E-state index is 0.152. The Morgan fingerprint density at radius 1 is 0.969 bits per heavy atom. The Kier molecular flexibility index (Phi) is 7.02. The molecule has 1 N–H and O–H groups in total. The van der Waals surface area contributed by atoms with Crippen molar-refractivity contribution in [1.29, 1.82) is 0 Å². The molecule has 4 aromatic rings. The number of benzene rings is 3. The monoisotopic (exact) mass is 429 g/mol. The predicted octanol–water partition coefficient (Wildman–Crippen LogP) is 4.49. The zero-order chi connectivity index (χ0) is 22.2. The van der Waals surface area contributed by atoms with Gasteiger partial charge in [0.15, 0.2) is 0 Å². The lowest BCUT2D eigenvalue weighted by atomic mass is 10.2.